The number of hydrazine groups is 1. The van der Waals surface area contributed by atoms with E-state index in [2.05, 4.69) is 200 Å². The molecule has 4 aliphatic heterocycles. The van der Waals surface area contributed by atoms with Crippen LogP contribution in [0.15, 0.2) is 173 Å². The maximum atomic E-state index is 7.42. The van der Waals surface area contributed by atoms with Crippen molar-refractivity contribution in [3.05, 3.63) is 179 Å². The number of hydrogen-bond acceptors (Lipinski definition) is 7. The molecule has 13 rings (SSSR count). The maximum absolute atomic E-state index is 7.42. The molecular weight excluding hydrogens is 881 g/mol. The Hall–Kier alpha value is -5.63. The molecule has 0 aromatic heterocycles. The van der Waals surface area contributed by atoms with Crippen LogP contribution >= 0.6 is 0 Å². The van der Waals surface area contributed by atoms with Crippen LogP contribution in [0.3, 0.4) is 0 Å². The van der Waals surface area contributed by atoms with E-state index in [1.165, 1.54) is 71.3 Å². The van der Waals surface area contributed by atoms with E-state index in [4.69, 9.17) is 9.73 Å². The van der Waals surface area contributed by atoms with Crippen molar-refractivity contribution in [2.75, 3.05) is 5.32 Å². The lowest BCUT2D eigenvalue weighted by Crippen LogP contribution is -2.63. The van der Waals surface area contributed by atoms with Gasteiger partial charge in [0.05, 0.1) is 17.9 Å². The second-order valence-electron chi connectivity index (χ2n) is 23.7. The van der Waals surface area contributed by atoms with E-state index in [1.54, 1.807) is 11.1 Å². The molecule has 0 bridgehead atoms. The SMILES string of the molecule is CC1=C(C2C(C)C(C3=CC4(C5=N[C@@H](C6(C)C=CCCC(C)C6)NC(C6C=CC=CC6)N5)C(C5CC=CC6c7cc(NC8C=CCCC8)c(-c8ccccc8)cc7OC65)N4N3)=CCC2c2ccccc2)CCC1. The second kappa shape index (κ2) is 18.7. The van der Waals surface area contributed by atoms with Crippen molar-refractivity contribution >= 4 is 11.5 Å². The van der Waals surface area contributed by atoms with E-state index in [-0.39, 0.29) is 41.7 Å². The summed E-state index contributed by atoms with van der Waals surface area (Å²) < 4.78 is 7.42. The summed E-state index contributed by atoms with van der Waals surface area (Å²) in [5, 5.41) is 15.0. The minimum atomic E-state index is -0.471. The molecule has 4 N–H and O–H groups in total. The van der Waals surface area contributed by atoms with Gasteiger partial charge in [0, 0.05) is 46.0 Å². The summed E-state index contributed by atoms with van der Waals surface area (Å²) in [6.07, 6.45) is 42.7. The van der Waals surface area contributed by atoms with Crippen molar-refractivity contribution in [2.45, 2.75) is 153 Å². The summed E-state index contributed by atoms with van der Waals surface area (Å²) in [6, 6.07) is 27.5. The Kier molecular flexibility index (Phi) is 12.0. The predicted octanol–water partition coefficient (Wildman–Crippen LogP) is 13.7. The third-order valence-corrected chi connectivity index (χ3v) is 19.0. The van der Waals surface area contributed by atoms with Gasteiger partial charge >= 0.3 is 0 Å². The largest absolute Gasteiger partial charge is 0.489 e. The molecule has 72 heavy (non-hydrogen) atoms. The Morgan fingerprint density at radius 3 is 2.50 bits per heavy atom. The van der Waals surface area contributed by atoms with Gasteiger partial charge < -0.3 is 20.8 Å². The third-order valence-electron chi connectivity index (χ3n) is 19.0. The highest BCUT2D eigenvalue weighted by Gasteiger charge is 2.73. The zero-order valence-corrected chi connectivity index (χ0v) is 43.1. The number of allylic oxidation sites excluding steroid dienone is 10. The molecule has 7 nitrogen and oxygen atoms in total. The molecule has 1 saturated heterocycles. The van der Waals surface area contributed by atoms with Gasteiger partial charge in [-0.05, 0) is 143 Å². The van der Waals surface area contributed by atoms with E-state index < -0.39 is 5.54 Å². The summed E-state index contributed by atoms with van der Waals surface area (Å²) in [4.78, 5) is 5.99. The smallest absolute Gasteiger partial charge is 0.135 e. The van der Waals surface area contributed by atoms with Gasteiger partial charge in [0.15, 0.2) is 0 Å². The molecular formula is C65H76N6O. The lowest BCUT2D eigenvalue weighted by Gasteiger charge is -2.43. The lowest BCUT2D eigenvalue weighted by molar-refractivity contribution is 0.126. The van der Waals surface area contributed by atoms with Crippen molar-refractivity contribution in [1.29, 1.82) is 0 Å². The van der Waals surface area contributed by atoms with Crippen molar-refractivity contribution in [1.82, 2.24) is 21.1 Å². The number of nitrogens with zero attached hydrogens (tertiary/aromatic N) is 2. The van der Waals surface area contributed by atoms with Crippen LogP contribution in [0.2, 0.25) is 0 Å². The van der Waals surface area contributed by atoms with Gasteiger partial charge in [0.1, 0.15) is 29.4 Å². The topological polar surface area (TPSA) is 72.7 Å². The number of nitrogens with one attached hydrogen (secondary N) is 4. The molecule has 4 heterocycles. The Balaban J connectivity index is 0.906. The highest BCUT2D eigenvalue weighted by atomic mass is 16.5. The first kappa shape index (κ1) is 46.2. The van der Waals surface area contributed by atoms with E-state index in [0.717, 1.165) is 56.5 Å². The summed E-state index contributed by atoms with van der Waals surface area (Å²) in [5.41, 5.74) is 16.1. The van der Waals surface area contributed by atoms with E-state index in [0.29, 0.717) is 35.6 Å². The molecule has 10 aliphatic rings. The first-order valence-electron chi connectivity index (χ1n) is 28.1. The molecule has 6 aliphatic carbocycles. The lowest BCUT2D eigenvalue weighted by atomic mass is 9.65. The average molecular weight is 957 g/mol. The average Bonchev–Trinajstić information content (AvgIpc) is 3.67. The quantitative estimate of drug-likeness (QED) is 0.120. The number of anilines is 1. The number of fused-ring (bicyclic) bond motifs is 4. The number of benzene rings is 3. The van der Waals surface area contributed by atoms with Crippen molar-refractivity contribution < 1.29 is 4.74 Å². The molecule has 372 valence electrons. The summed E-state index contributed by atoms with van der Waals surface area (Å²) in [5.74, 6) is 4.74. The molecule has 0 radical (unpaired) electrons. The Labute approximate surface area is 429 Å². The fraction of sp³-hybridized carbons (Fsp3) is 0.462. The Morgan fingerprint density at radius 1 is 0.847 bits per heavy atom. The molecule has 0 saturated carbocycles. The monoisotopic (exact) mass is 957 g/mol. The van der Waals surface area contributed by atoms with Gasteiger partial charge in [0.2, 0.25) is 0 Å². The van der Waals surface area contributed by atoms with Crippen LogP contribution in [0.5, 0.6) is 5.75 Å². The number of hydrogen-bond donors (Lipinski definition) is 4. The van der Waals surface area contributed by atoms with Crippen LogP contribution in [0.25, 0.3) is 11.1 Å². The molecule has 0 spiro atoms. The minimum Gasteiger partial charge on any atom is -0.489 e. The second-order valence-corrected chi connectivity index (χ2v) is 23.7. The molecule has 1 fully saturated rings. The first-order chi connectivity index (χ1) is 35.3. The maximum Gasteiger partial charge on any atom is 0.135 e. The van der Waals surface area contributed by atoms with Crippen molar-refractivity contribution in [3.63, 3.8) is 0 Å². The van der Waals surface area contributed by atoms with Gasteiger partial charge in [-0.25, -0.2) is 0 Å². The number of aliphatic imine (C=N–C) groups is 1. The van der Waals surface area contributed by atoms with Crippen LogP contribution in [0.1, 0.15) is 128 Å². The number of rotatable bonds is 10. The molecule has 14 unspecified atom stereocenters. The van der Waals surface area contributed by atoms with Crippen LogP contribution in [0.4, 0.5) is 5.69 Å². The summed E-state index contributed by atoms with van der Waals surface area (Å²) in [6.45, 7) is 9.85. The van der Waals surface area contributed by atoms with E-state index in [9.17, 15) is 0 Å². The standard InChI is InChI=1S/C65H76N6O/c1-41-21-17-18-36-64(4,39-41)62-67-61(46-27-13-7-14-28-46)68-63(69-62)65-40-56(49-34-35-50(44-23-9-5-10-24-44)58(43(49)3)48-31-19-22-42(48)2)70-71(65)60(65)52-33-20-32-51-54-37-55(66-47-29-15-8-16-30-47)53(38-57(54)72-59(51)52)45-25-11-6-12-26-45/h5-7,9-15,18,20,23-27,29,32,34,36-38,40-41,43,46-47,50-52,58-62,66-67,70H,8,16-17,19,21-22,28,30-31,33,35,39H2,1-4H3,(H,68,69)/t41?,43?,46?,47?,50?,51?,52?,58?,59?,60?,61?,62-,64?,65?,71?/m0/s1. The fourth-order valence-electron chi connectivity index (χ4n) is 15.4. The van der Waals surface area contributed by atoms with Crippen LogP contribution < -0.4 is 26.1 Å². The van der Waals surface area contributed by atoms with Crippen molar-refractivity contribution in [2.24, 2.45) is 40.0 Å². The molecule has 15 atom stereocenters. The normalized spacial score (nSPS) is 38.3. The summed E-state index contributed by atoms with van der Waals surface area (Å²) in [7, 11) is 0. The van der Waals surface area contributed by atoms with Gasteiger partial charge in [0.25, 0.3) is 0 Å². The third kappa shape index (κ3) is 8.03. The van der Waals surface area contributed by atoms with Gasteiger partial charge in [-0.1, -0.05) is 159 Å². The Bertz CT molecular complexity index is 2850. The van der Waals surface area contributed by atoms with Gasteiger partial charge in [-0.3, -0.25) is 10.3 Å². The molecule has 3 aromatic rings. The van der Waals surface area contributed by atoms with Gasteiger partial charge in [-0.15, -0.1) is 0 Å². The Morgan fingerprint density at radius 2 is 1.71 bits per heavy atom. The number of amidine groups is 1. The highest BCUT2D eigenvalue weighted by Crippen LogP contribution is 2.60. The molecule has 0 amide bonds. The van der Waals surface area contributed by atoms with Crippen LogP contribution in [-0.2, 0) is 0 Å². The fourth-order valence-corrected chi connectivity index (χ4v) is 15.4. The van der Waals surface area contributed by atoms with Crippen LogP contribution in [-0.4, -0.2) is 46.9 Å². The zero-order valence-electron chi connectivity index (χ0n) is 43.1. The minimum absolute atomic E-state index is 0.00540. The van der Waals surface area contributed by atoms with E-state index >= 15 is 0 Å². The van der Waals surface area contributed by atoms with Crippen LogP contribution in [0, 0.1) is 35.0 Å². The summed E-state index contributed by atoms with van der Waals surface area (Å²) >= 11 is 0. The highest BCUT2D eigenvalue weighted by molar-refractivity contribution is 6.00. The molecule has 3 aromatic carbocycles. The molecule has 7 heteroatoms. The number of ether oxygens (including phenoxy) is 1. The zero-order chi connectivity index (χ0) is 48.6. The first-order valence-corrected chi connectivity index (χ1v) is 28.1. The van der Waals surface area contributed by atoms with Crippen molar-refractivity contribution in [3.8, 4) is 16.9 Å². The predicted molar refractivity (Wildman–Crippen MR) is 295 cm³/mol. The van der Waals surface area contributed by atoms with Gasteiger partial charge in [-0.2, -0.15) is 5.01 Å². The van der Waals surface area contributed by atoms with E-state index in [1.807, 2.05) is 0 Å².